The maximum Gasteiger partial charge on any atom is 0.251 e. The fourth-order valence-electron chi connectivity index (χ4n) is 3.82. The van der Waals surface area contributed by atoms with E-state index in [1.165, 1.54) is 12.1 Å². The van der Waals surface area contributed by atoms with Crippen molar-refractivity contribution in [3.63, 3.8) is 0 Å². The summed E-state index contributed by atoms with van der Waals surface area (Å²) in [5, 5.41) is 0.986. The van der Waals surface area contributed by atoms with Gasteiger partial charge in [-0.3, -0.25) is 9.59 Å². The van der Waals surface area contributed by atoms with Crippen LogP contribution in [0.15, 0.2) is 53.3 Å². The zero-order chi connectivity index (χ0) is 20.4. The molecular weight excluding hydrogens is 369 g/mol. The Labute approximate surface area is 168 Å². The van der Waals surface area contributed by atoms with Crippen molar-refractivity contribution in [3.05, 3.63) is 75.8 Å². The van der Waals surface area contributed by atoms with Gasteiger partial charge in [0.2, 0.25) is 5.91 Å². The largest absolute Gasteiger partial charge is 0.368 e. The molecule has 0 spiro atoms. The van der Waals surface area contributed by atoms with Crippen LogP contribution in [0.3, 0.4) is 0 Å². The van der Waals surface area contributed by atoms with Crippen LogP contribution in [-0.4, -0.2) is 42.0 Å². The molecule has 1 aromatic heterocycles. The highest BCUT2D eigenvalue weighted by atomic mass is 19.1. The number of halogens is 1. The van der Waals surface area contributed by atoms with E-state index in [2.05, 4.69) is 9.88 Å². The lowest BCUT2D eigenvalue weighted by molar-refractivity contribution is -0.131. The van der Waals surface area contributed by atoms with Gasteiger partial charge in [0.1, 0.15) is 5.82 Å². The molecule has 1 amide bonds. The van der Waals surface area contributed by atoms with Crippen LogP contribution < -0.4 is 10.5 Å². The Morgan fingerprint density at radius 3 is 2.48 bits per heavy atom. The number of hydrogen-bond donors (Lipinski definition) is 1. The van der Waals surface area contributed by atoms with Crippen LogP contribution in [0.25, 0.3) is 10.9 Å². The number of fused-ring (bicyclic) bond motifs is 1. The molecule has 0 radical (unpaired) electrons. The lowest BCUT2D eigenvalue weighted by Gasteiger charge is -2.36. The highest BCUT2D eigenvalue weighted by Gasteiger charge is 2.21. The molecule has 1 aliphatic heterocycles. The van der Waals surface area contributed by atoms with E-state index in [4.69, 9.17) is 0 Å². The Bertz CT molecular complexity index is 1080. The zero-order valence-electron chi connectivity index (χ0n) is 16.5. The van der Waals surface area contributed by atoms with Crippen LogP contribution in [0.2, 0.25) is 0 Å². The number of hydrogen-bond acceptors (Lipinski definition) is 3. The molecule has 4 rings (SSSR count). The third-order valence-corrected chi connectivity index (χ3v) is 5.51. The zero-order valence-corrected chi connectivity index (χ0v) is 16.5. The van der Waals surface area contributed by atoms with Gasteiger partial charge >= 0.3 is 0 Å². The van der Waals surface area contributed by atoms with Gasteiger partial charge in [-0.15, -0.1) is 0 Å². The highest BCUT2D eigenvalue weighted by molar-refractivity contribution is 5.80. The molecule has 2 heterocycles. The second-order valence-corrected chi connectivity index (χ2v) is 7.56. The smallest absolute Gasteiger partial charge is 0.251 e. The number of nitrogens with one attached hydrogen (secondary N) is 1. The molecule has 5 nitrogen and oxygen atoms in total. The van der Waals surface area contributed by atoms with Crippen molar-refractivity contribution in [2.24, 2.45) is 0 Å². The standard InChI is InChI=1S/C23H24FN3O2/c1-16-2-8-21-18(14-16)15-17(23(29)25-21)3-9-22(28)27-12-10-26(11-13-27)20-6-4-19(24)5-7-20/h2,4-8,14-15H,3,9-13H2,1H3,(H,25,29). The number of aromatic amines is 1. The molecule has 2 aromatic carbocycles. The monoisotopic (exact) mass is 393 g/mol. The number of carbonyl (C=O) groups is 1. The van der Waals surface area contributed by atoms with Crippen LogP contribution >= 0.6 is 0 Å². The van der Waals surface area contributed by atoms with Crippen LogP contribution in [0.1, 0.15) is 17.5 Å². The minimum Gasteiger partial charge on any atom is -0.368 e. The number of pyridine rings is 1. The molecule has 1 fully saturated rings. The van der Waals surface area contributed by atoms with Crippen molar-refractivity contribution in [2.75, 3.05) is 31.1 Å². The quantitative estimate of drug-likeness (QED) is 0.740. The predicted octanol–water partition coefficient (Wildman–Crippen LogP) is 3.26. The average Bonchev–Trinajstić information content (AvgIpc) is 2.73. The summed E-state index contributed by atoms with van der Waals surface area (Å²) in [6, 6.07) is 14.2. The van der Waals surface area contributed by atoms with E-state index in [-0.39, 0.29) is 17.3 Å². The summed E-state index contributed by atoms with van der Waals surface area (Å²) in [4.78, 5) is 31.9. The maximum absolute atomic E-state index is 13.1. The first-order valence-corrected chi connectivity index (χ1v) is 9.90. The van der Waals surface area contributed by atoms with Crippen LogP contribution in [0.4, 0.5) is 10.1 Å². The van der Waals surface area contributed by atoms with Gasteiger partial charge in [0.25, 0.3) is 5.56 Å². The predicted molar refractivity (Wildman–Crippen MR) is 113 cm³/mol. The fraction of sp³-hybridized carbons (Fsp3) is 0.304. The summed E-state index contributed by atoms with van der Waals surface area (Å²) in [6.07, 6.45) is 0.743. The number of aromatic nitrogens is 1. The Morgan fingerprint density at radius 2 is 1.76 bits per heavy atom. The number of benzene rings is 2. The van der Waals surface area contributed by atoms with Crippen molar-refractivity contribution in [1.29, 1.82) is 0 Å². The van der Waals surface area contributed by atoms with Crippen molar-refractivity contribution < 1.29 is 9.18 Å². The number of aryl methyl sites for hydroxylation is 2. The van der Waals surface area contributed by atoms with Crippen LogP contribution in [0, 0.1) is 12.7 Å². The van der Waals surface area contributed by atoms with E-state index >= 15 is 0 Å². The lowest BCUT2D eigenvalue weighted by atomic mass is 10.1. The minimum absolute atomic E-state index is 0.0625. The molecule has 0 aliphatic carbocycles. The Hall–Kier alpha value is -3.15. The van der Waals surface area contributed by atoms with Gasteiger partial charge in [-0.25, -0.2) is 4.39 Å². The average molecular weight is 393 g/mol. The topological polar surface area (TPSA) is 56.4 Å². The fourth-order valence-corrected chi connectivity index (χ4v) is 3.82. The molecular formula is C23H24FN3O2. The van der Waals surface area contributed by atoms with Gasteiger partial charge in [-0.05, 0) is 61.2 Å². The van der Waals surface area contributed by atoms with Crippen molar-refractivity contribution in [2.45, 2.75) is 19.8 Å². The second-order valence-electron chi connectivity index (χ2n) is 7.56. The highest BCUT2D eigenvalue weighted by Crippen LogP contribution is 2.18. The molecule has 0 bridgehead atoms. The van der Waals surface area contributed by atoms with Crippen molar-refractivity contribution >= 4 is 22.5 Å². The van der Waals surface area contributed by atoms with Crippen LogP contribution in [-0.2, 0) is 11.2 Å². The van der Waals surface area contributed by atoms with E-state index < -0.39 is 0 Å². The van der Waals surface area contributed by atoms with Crippen LogP contribution in [0.5, 0.6) is 0 Å². The molecule has 1 aliphatic rings. The first-order chi connectivity index (χ1) is 14.0. The summed E-state index contributed by atoms with van der Waals surface area (Å²) in [5.74, 6) is -0.186. The molecule has 0 saturated carbocycles. The lowest BCUT2D eigenvalue weighted by Crippen LogP contribution is -2.48. The summed E-state index contributed by atoms with van der Waals surface area (Å²) < 4.78 is 13.1. The van der Waals surface area contributed by atoms with E-state index in [9.17, 15) is 14.0 Å². The van der Waals surface area contributed by atoms with Gasteiger partial charge in [0.05, 0.1) is 0 Å². The summed E-state index contributed by atoms with van der Waals surface area (Å²) in [5.41, 5.74) is 3.42. The van der Waals surface area contributed by atoms with E-state index in [0.717, 1.165) is 22.2 Å². The molecule has 150 valence electrons. The first-order valence-electron chi connectivity index (χ1n) is 9.90. The summed E-state index contributed by atoms with van der Waals surface area (Å²) in [7, 11) is 0. The molecule has 3 aromatic rings. The molecule has 1 N–H and O–H groups in total. The number of H-pyrrole nitrogens is 1. The van der Waals surface area contributed by atoms with Gasteiger partial charge in [-0.1, -0.05) is 11.6 Å². The molecule has 6 heteroatoms. The number of rotatable bonds is 4. The minimum atomic E-state index is -0.249. The normalized spacial score (nSPS) is 14.4. The molecule has 0 atom stereocenters. The molecule has 29 heavy (non-hydrogen) atoms. The molecule has 0 unspecified atom stereocenters. The number of piperazine rings is 1. The van der Waals surface area contributed by atoms with E-state index in [1.807, 2.05) is 36.1 Å². The maximum atomic E-state index is 13.1. The number of anilines is 1. The number of carbonyl (C=O) groups excluding carboxylic acids is 1. The first kappa shape index (κ1) is 19.2. The number of amides is 1. The van der Waals surface area contributed by atoms with Crippen molar-refractivity contribution in [1.82, 2.24) is 9.88 Å². The SMILES string of the molecule is Cc1ccc2[nH]c(=O)c(CCC(=O)N3CCN(c4ccc(F)cc4)CC3)cc2c1. The van der Waals surface area contributed by atoms with Crippen molar-refractivity contribution in [3.8, 4) is 0 Å². The summed E-state index contributed by atoms with van der Waals surface area (Å²) in [6.45, 7) is 4.70. The van der Waals surface area contributed by atoms with Gasteiger partial charge in [0.15, 0.2) is 0 Å². The van der Waals surface area contributed by atoms with Gasteiger partial charge in [-0.2, -0.15) is 0 Å². The molecule has 1 saturated heterocycles. The Morgan fingerprint density at radius 1 is 1.03 bits per heavy atom. The van der Waals surface area contributed by atoms with E-state index in [1.54, 1.807) is 12.1 Å². The third kappa shape index (κ3) is 4.31. The second kappa shape index (κ2) is 8.07. The van der Waals surface area contributed by atoms with Gasteiger partial charge in [0, 0.05) is 49.4 Å². The van der Waals surface area contributed by atoms with E-state index in [0.29, 0.717) is 44.6 Å². The summed E-state index contributed by atoms with van der Waals surface area (Å²) >= 11 is 0. The Kier molecular flexibility index (Phi) is 5.34. The van der Waals surface area contributed by atoms with Gasteiger partial charge < -0.3 is 14.8 Å². The Balaban J connectivity index is 1.36. The third-order valence-electron chi connectivity index (χ3n) is 5.51. The number of nitrogens with zero attached hydrogens (tertiary/aromatic N) is 2.